The van der Waals surface area contributed by atoms with Crippen LogP contribution in [0.15, 0.2) is 57.0 Å². The summed E-state index contributed by atoms with van der Waals surface area (Å²) in [7, 11) is 1.18. The summed E-state index contributed by atoms with van der Waals surface area (Å²) < 4.78 is 46.2. The lowest BCUT2D eigenvalue weighted by molar-refractivity contribution is -0.141. The molecule has 1 N–H and O–H groups in total. The van der Waals surface area contributed by atoms with E-state index in [1.165, 1.54) is 13.2 Å². The number of H-pyrrole nitrogens is 1. The molecule has 0 saturated heterocycles. The van der Waals surface area contributed by atoms with Crippen LogP contribution in [0.3, 0.4) is 0 Å². The molecule has 3 aromatic rings. The number of ether oxygens (including phenoxy) is 1. The molecule has 1 aromatic heterocycles. The first kappa shape index (κ1) is 25.0. The Bertz CT molecular complexity index is 1390. The Morgan fingerprint density at radius 1 is 1.12 bits per heavy atom. The monoisotopic (exact) mass is 496 g/mol. The minimum Gasteiger partial charge on any atom is -0.469 e. The fraction of sp³-hybridized carbons (Fsp3) is 0.273. The van der Waals surface area contributed by atoms with Crippen LogP contribution >= 0.6 is 11.6 Å². The van der Waals surface area contributed by atoms with Crippen molar-refractivity contribution in [2.75, 3.05) is 7.11 Å². The van der Waals surface area contributed by atoms with E-state index >= 15 is 0 Å². The van der Waals surface area contributed by atoms with E-state index in [4.69, 9.17) is 11.6 Å². The third-order valence-electron chi connectivity index (χ3n) is 4.90. The van der Waals surface area contributed by atoms with Gasteiger partial charge in [-0.15, -0.1) is 0 Å². The van der Waals surface area contributed by atoms with Gasteiger partial charge in [-0.25, -0.2) is 19.1 Å². The Labute approximate surface area is 195 Å². The van der Waals surface area contributed by atoms with Crippen LogP contribution in [0.1, 0.15) is 23.1 Å². The maximum absolute atomic E-state index is 13.2. The van der Waals surface area contributed by atoms with Gasteiger partial charge in [0, 0.05) is 6.54 Å². The van der Waals surface area contributed by atoms with Crippen molar-refractivity contribution in [1.82, 2.24) is 14.1 Å². The topological polar surface area (TPSA) is 98.4 Å². The smallest absolute Gasteiger partial charge is 0.417 e. The Balaban J connectivity index is 2.19. The summed E-state index contributed by atoms with van der Waals surface area (Å²) in [4.78, 5) is 43.7. The zero-order chi connectivity index (χ0) is 25.0. The second-order valence-electron chi connectivity index (χ2n) is 7.36. The molecule has 8 nitrogen and oxygen atoms in total. The molecule has 2 aromatic carbocycles. The zero-order valence-electron chi connectivity index (χ0n) is 18.1. The minimum absolute atomic E-state index is 0.0351. The molecule has 34 heavy (non-hydrogen) atoms. The number of nitrogens with zero attached hydrogens (tertiary/aromatic N) is 3. The molecule has 3 rings (SSSR count). The average Bonchev–Trinajstić information content (AvgIpc) is 2.77. The van der Waals surface area contributed by atoms with Gasteiger partial charge in [0.2, 0.25) is 5.62 Å². The van der Waals surface area contributed by atoms with Crippen molar-refractivity contribution in [2.45, 2.75) is 32.6 Å². The number of esters is 1. The van der Waals surface area contributed by atoms with Gasteiger partial charge in [-0.1, -0.05) is 41.4 Å². The Kier molecular flexibility index (Phi) is 7.45. The number of hydrogen-bond acceptors (Lipinski definition) is 5. The summed E-state index contributed by atoms with van der Waals surface area (Å²) in [5.41, 5.74) is -1.54. The van der Waals surface area contributed by atoms with E-state index < -0.39 is 34.1 Å². The quantitative estimate of drug-likeness (QED) is 0.530. The Morgan fingerprint density at radius 2 is 1.79 bits per heavy atom. The second kappa shape index (κ2) is 10.1. The molecule has 180 valence electrons. The van der Waals surface area contributed by atoms with Gasteiger partial charge in [0.05, 0.1) is 36.3 Å². The molecule has 0 saturated carbocycles. The van der Waals surface area contributed by atoms with E-state index in [9.17, 15) is 27.6 Å². The molecule has 0 atom stereocenters. The van der Waals surface area contributed by atoms with Crippen molar-refractivity contribution in [1.29, 1.82) is 0 Å². The van der Waals surface area contributed by atoms with Crippen molar-refractivity contribution < 1.29 is 22.7 Å². The third kappa shape index (κ3) is 5.84. The van der Waals surface area contributed by atoms with Gasteiger partial charge in [0.25, 0.3) is 0 Å². The van der Waals surface area contributed by atoms with Gasteiger partial charge < -0.3 is 4.74 Å². The first-order valence-electron chi connectivity index (χ1n) is 9.97. The fourth-order valence-corrected chi connectivity index (χ4v) is 3.31. The highest BCUT2D eigenvalue weighted by atomic mass is 35.5. The summed E-state index contributed by atoms with van der Waals surface area (Å²) in [6.45, 7) is 1.59. The number of nitrogens with one attached hydrogen (secondary N) is 1. The Hall–Kier alpha value is -3.60. The highest BCUT2D eigenvalue weighted by Gasteiger charge is 2.33. The summed E-state index contributed by atoms with van der Waals surface area (Å²) in [5, 5.41) is -0.509. The van der Waals surface area contributed by atoms with E-state index in [1.807, 2.05) is 19.1 Å². The predicted octanol–water partition coefficient (Wildman–Crippen LogP) is 3.16. The Morgan fingerprint density at radius 3 is 2.41 bits per heavy atom. The number of aromatic nitrogens is 3. The molecule has 0 unspecified atom stereocenters. The van der Waals surface area contributed by atoms with Crippen LogP contribution < -0.4 is 17.0 Å². The van der Waals surface area contributed by atoms with Gasteiger partial charge in [0.1, 0.15) is 0 Å². The number of halogens is 4. The molecule has 0 aliphatic rings. The molecule has 0 fully saturated rings. The summed E-state index contributed by atoms with van der Waals surface area (Å²) in [5.74, 6) is -0.619. The number of hydrogen-bond donors (Lipinski definition) is 1. The maximum Gasteiger partial charge on any atom is 0.417 e. The number of rotatable bonds is 6. The van der Waals surface area contributed by atoms with Crippen molar-refractivity contribution in [3.05, 3.63) is 90.8 Å². The van der Waals surface area contributed by atoms with Gasteiger partial charge in [-0.3, -0.25) is 14.3 Å². The summed E-state index contributed by atoms with van der Waals surface area (Å²) in [6, 6.07) is 10.2. The van der Waals surface area contributed by atoms with E-state index in [0.29, 0.717) is 5.56 Å². The van der Waals surface area contributed by atoms with E-state index in [2.05, 4.69) is 14.7 Å². The second-order valence-corrected chi connectivity index (χ2v) is 7.77. The lowest BCUT2D eigenvalue weighted by Gasteiger charge is -2.12. The molecular weight excluding hydrogens is 477 g/mol. The molecule has 0 aliphatic carbocycles. The number of aryl methyl sites for hydroxylation is 1. The zero-order valence-corrected chi connectivity index (χ0v) is 18.9. The summed E-state index contributed by atoms with van der Waals surface area (Å²) >= 11 is 5.66. The molecule has 0 amide bonds. The normalized spacial score (nSPS) is 12.1. The number of methoxy groups -OCH3 is 1. The van der Waals surface area contributed by atoms with Crippen LogP contribution in [-0.2, 0) is 28.8 Å². The van der Waals surface area contributed by atoms with E-state index in [0.717, 1.165) is 26.8 Å². The van der Waals surface area contributed by atoms with E-state index in [1.54, 1.807) is 12.1 Å². The molecule has 12 heteroatoms. The van der Waals surface area contributed by atoms with Crippen LogP contribution in [0.4, 0.5) is 18.9 Å². The van der Waals surface area contributed by atoms with Gasteiger partial charge in [-0.05, 0) is 30.7 Å². The number of aromatic amines is 1. The third-order valence-corrected chi connectivity index (χ3v) is 5.23. The minimum atomic E-state index is -4.72. The van der Waals surface area contributed by atoms with Crippen LogP contribution in [0.5, 0.6) is 0 Å². The predicted molar refractivity (Wildman–Crippen MR) is 118 cm³/mol. The van der Waals surface area contributed by atoms with Crippen molar-refractivity contribution in [2.24, 2.45) is 4.99 Å². The van der Waals surface area contributed by atoms with E-state index in [-0.39, 0.29) is 30.8 Å². The van der Waals surface area contributed by atoms with Gasteiger partial charge in [0.15, 0.2) is 0 Å². The standard InChI is InChI=1S/C22H20ClF3N4O4/c1-13-3-5-14(6-4-13)12-30-19(27-15-7-8-17(23)16(11-15)22(24,25)26)28-20(32)29(21(30)33)10-9-18(31)34-2/h3-8,11H,9-10,12H2,1-2H3,(H,27,28,32). The first-order valence-corrected chi connectivity index (χ1v) is 10.3. The average molecular weight is 497 g/mol. The number of carbonyl (C=O) groups excluding carboxylic acids is 1. The van der Waals surface area contributed by atoms with Crippen molar-refractivity contribution in [3.63, 3.8) is 0 Å². The molecule has 0 spiro atoms. The lowest BCUT2D eigenvalue weighted by Crippen LogP contribution is -2.50. The summed E-state index contributed by atoms with van der Waals surface area (Å²) in [6.07, 6.45) is -4.95. The molecule has 0 radical (unpaired) electrons. The van der Waals surface area contributed by atoms with Crippen molar-refractivity contribution >= 4 is 23.3 Å². The number of alkyl halides is 3. The lowest BCUT2D eigenvalue weighted by atomic mass is 10.1. The van der Waals surface area contributed by atoms with Crippen LogP contribution in [0.25, 0.3) is 0 Å². The van der Waals surface area contributed by atoms with Gasteiger partial charge in [-0.2, -0.15) is 13.2 Å². The first-order chi connectivity index (χ1) is 16.0. The van der Waals surface area contributed by atoms with Crippen molar-refractivity contribution in [3.8, 4) is 0 Å². The van der Waals surface area contributed by atoms with Crippen LogP contribution in [-0.4, -0.2) is 27.2 Å². The fourth-order valence-electron chi connectivity index (χ4n) is 3.09. The highest BCUT2D eigenvalue weighted by Crippen LogP contribution is 2.36. The molecular formula is C22H20ClF3N4O4. The SMILES string of the molecule is COC(=O)CCn1c(=O)[nH]/c(=N\c2ccc(Cl)c(C(F)(F)F)c2)n(Cc2ccc(C)cc2)c1=O. The molecule has 0 aliphatic heterocycles. The van der Waals surface area contributed by atoms with Gasteiger partial charge >= 0.3 is 23.5 Å². The van der Waals surface area contributed by atoms with Crippen LogP contribution in [0, 0.1) is 6.92 Å². The highest BCUT2D eigenvalue weighted by molar-refractivity contribution is 6.31. The number of benzene rings is 2. The number of carbonyl (C=O) groups is 1. The molecule has 0 bridgehead atoms. The largest absolute Gasteiger partial charge is 0.469 e. The van der Waals surface area contributed by atoms with Crippen LogP contribution in [0.2, 0.25) is 5.02 Å². The molecule has 1 heterocycles. The maximum atomic E-state index is 13.2.